The van der Waals surface area contributed by atoms with Gasteiger partial charge in [0.2, 0.25) is 0 Å². The second-order valence-corrected chi connectivity index (χ2v) is 6.37. The molecule has 4 nitrogen and oxygen atoms in total. The van der Waals surface area contributed by atoms with Crippen molar-refractivity contribution in [3.63, 3.8) is 0 Å². The quantitative estimate of drug-likeness (QED) is 0.638. The number of fused-ring (bicyclic) bond motifs is 1. The summed E-state index contributed by atoms with van der Waals surface area (Å²) in [6.45, 7) is 0. The summed E-state index contributed by atoms with van der Waals surface area (Å²) in [7, 11) is 1.56. The Morgan fingerprint density at radius 1 is 1.43 bits per heavy atom. The molecule has 2 rings (SSSR count). The van der Waals surface area contributed by atoms with Gasteiger partial charge in [-0.05, 0) is 34.7 Å². The summed E-state index contributed by atoms with van der Waals surface area (Å²) in [6, 6.07) is 2.96. The summed E-state index contributed by atoms with van der Waals surface area (Å²) in [4.78, 5) is 6.96. The van der Waals surface area contributed by atoms with E-state index >= 15 is 0 Å². The van der Waals surface area contributed by atoms with Crippen molar-refractivity contribution in [2.45, 2.75) is 4.90 Å². The van der Waals surface area contributed by atoms with Gasteiger partial charge >= 0.3 is 0 Å². The summed E-state index contributed by atoms with van der Waals surface area (Å²) in [5, 5.41) is 0. The monoisotopic (exact) mass is 342 g/mol. The maximum Gasteiger partial charge on any atom is 0.261 e. The van der Waals surface area contributed by atoms with Gasteiger partial charge in [-0.25, -0.2) is 13.4 Å². The predicted octanol–water partition coefficient (Wildman–Crippen LogP) is 2.09. The molecule has 14 heavy (non-hydrogen) atoms. The third-order valence-electron chi connectivity index (χ3n) is 1.73. The van der Waals surface area contributed by atoms with Crippen LogP contribution in [0.25, 0.3) is 11.0 Å². The topological polar surface area (TPSA) is 62.8 Å². The van der Waals surface area contributed by atoms with Gasteiger partial charge < -0.3 is 4.98 Å². The van der Waals surface area contributed by atoms with Crippen LogP contribution < -0.4 is 0 Å². The van der Waals surface area contributed by atoms with Gasteiger partial charge in [-0.2, -0.15) is 0 Å². The lowest BCUT2D eigenvalue weighted by Gasteiger charge is -1.98. The molecule has 1 aromatic carbocycles. The molecule has 0 fully saturated rings. The molecule has 0 saturated carbocycles. The molecule has 0 saturated heterocycles. The average molecular weight is 343 g/mol. The summed E-state index contributed by atoms with van der Waals surface area (Å²) < 4.78 is 22.9. The lowest BCUT2D eigenvalue weighted by molar-refractivity contribution is 0.609. The fraction of sp³-hybridized carbons (Fsp3) is 0. The van der Waals surface area contributed by atoms with Gasteiger partial charge in [-0.1, -0.05) is 0 Å². The van der Waals surface area contributed by atoms with E-state index in [-0.39, 0.29) is 4.90 Å². The van der Waals surface area contributed by atoms with Crippen LogP contribution in [0.5, 0.6) is 0 Å². The maximum atomic E-state index is 11.1. The van der Waals surface area contributed by atoms with E-state index in [2.05, 4.69) is 9.97 Å². The van der Waals surface area contributed by atoms with E-state index in [1.165, 1.54) is 18.5 Å². The Morgan fingerprint density at radius 3 is 2.79 bits per heavy atom. The van der Waals surface area contributed by atoms with Crippen molar-refractivity contribution in [3.8, 4) is 0 Å². The Kier molecular flexibility index (Phi) is 2.44. The second-order valence-electron chi connectivity index (χ2n) is 2.64. The molecule has 0 aliphatic rings. The van der Waals surface area contributed by atoms with Crippen LogP contribution >= 0.6 is 33.3 Å². The van der Waals surface area contributed by atoms with Crippen molar-refractivity contribution in [2.24, 2.45) is 0 Å². The Bertz CT molecular complexity index is 593. The molecule has 0 radical (unpaired) electrons. The zero-order chi connectivity index (χ0) is 10.3. The van der Waals surface area contributed by atoms with E-state index in [0.717, 1.165) is 9.09 Å². The third-order valence-corrected chi connectivity index (χ3v) is 3.89. The molecule has 0 amide bonds. The molecular weight excluding hydrogens is 339 g/mol. The first-order valence-electron chi connectivity index (χ1n) is 3.56. The third kappa shape index (κ3) is 1.73. The summed E-state index contributed by atoms with van der Waals surface area (Å²) in [5.41, 5.74) is 1.41. The lowest BCUT2D eigenvalue weighted by atomic mass is 10.3. The highest BCUT2D eigenvalue weighted by Gasteiger charge is 2.13. The van der Waals surface area contributed by atoms with Gasteiger partial charge in [-0.15, -0.1) is 0 Å². The SMILES string of the molecule is O=S(=O)(Cl)c1cc(I)c2nc[nH]c2c1. The molecule has 1 heterocycles. The molecule has 0 bridgehead atoms. The molecule has 1 aromatic heterocycles. The summed E-state index contributed by atoms with van der Waals surface area (Å²) >= 11 is 2.01. The van der Waals surface area contributed by atoms with E-state index in [4.69, 9.17) is 10.7 Å². The largest absolute Gasteiger partial charge is 0.345 e. The molecule has 1 N–H and O–H groups in total. The Labute approximate surface area is 98.2 Å². The van der Waals surface area contributed by atoms with Crippen LogP contribution in [0.2, 0.25) is 0 Å². The number of hydrogen-bond acceptors (Lipinski definition) is 3. The standard InChI is InChI=1S/C7H4ClIN2O2S/c8-14(12,13)4-1-5(9)7-6(2-4)10-3-11-7/h1-3H,(H,10,11). The highest BCUT2D eigenvalue weighted by molar-refractivity contribution is 14.1. The minimum absolute atomic E-state index is 0.0836. The molecule has 0 atom stereocenters. The highest BCUT2D eigenvalue weighted by Crippen LogP contribution is 2.24. The first kappa shape index (κ1) is 10.2. The van der Waals surface area contributed by atoms with Crippen molar-refractivity contribution in [1.29, 1.82) is 0 Å². The molecule has 7 heteroatoms. The summed E-state index contributed by atoms with van der Waals surface area (Å²) in [6.07, 6.45) is 1.51. The summed E-state index contributed by atoms with van der Waals surface area (Å²) in [5.74, 6) is 0. The zero-order valence-corrected chi connectivity index (χ0v) is 10.4. The van der Waals surface area contributed by atoms with Gasteiger partial charge in [0.25, 0.3) is 9.05 Å². The first-order valence-corrected chi connectivity index (χ1v) is 6.94. The Hall–Kier alpha value is -0.340. The van der Waals surface area contributed by atoms with Gasteiger partial charge in [0.15, 0.2) is 0 Å². The van der Waals surface area contributed by atoms with Crippen molar-refractivity contribution >= 4 is 53.4 Å². The van der Waals surface area contributed by atoms with Crippen molar-refractivity contribution in [1.82, 2.24) is 9.97 Å². The van der Waals surface area contributed by atoms with E-state index < -0.39 is 9.05 Å². The fourth-order valence-corrected chi connectivity index (χ4v) is 2.88. The molecular formula is C7H4ClIN2O2S. The first-order chi connectivity index (χ1) is 6.48. The van der Waals surface area contributed by atoms with Crippen LogP contribution in [-0.2, 0) is 9.05 Å². The number of imidazole rings is 1. The van der Waals surface area contributed by atoms with Gasteiger partial charge in [-0.3, -0.25) is 0 Å². The van der Waals surface area contributed by atoms with Crippen LogP contribution in [0.15, 0.2) is 23.4 Å². The second kappa shape index (κ2) is 3.35. The highest BCUT2D eigenvalue weighted by atomic mass is 127. The number of aromatic amines is 1. The Morgan fingerprint density at radius 2 is 2.14 bits per heavy atom. The average Bonchev–Trinajstić information content (AvgIpc) is 2.50. The van der Waals surface area contributed by atoms with Gasteiger partial charge in [0.05, 0.1) is 16.7 Å². The van der Waals surface area contributed by atoms with Crippen LogP contribution in [0.1, 0.15) is 0 Å². The van der Waals surface area contributed by atoms with Crippen LogP contribution in [0.3, 0.4) is 0 Å². The molecule has 0 aliphatic heterocycles. The molecule has 0 aliphatic carbocycles. The molecule has 0 unspecified atom stereocenters. The Balaban J connectivity index is 2.83. The number of aromatic nitrogens is 2. The van der Waals surface area contributed by atoms with E-state index in [1.807, 2.05) is 22.6 Å². The van der Waals surface area contributed by atoms with Crippen LogP contribution in [0, 0.1) is 3.57 Å². The van der Waals surface area contributed by atoms with Crippen molar-refractivity contribution < 1.29 is 8.42 Å². The van der Waals surface area contributed by atoms with Crippen LogP contribution in [-0.4, -0.2) is 18.4 Å². The minimum atomic E-state index is -3.68. The van der Waals surface area contributed by atoms with Crippen molar-refractivity contribution in [2.75, 3.05) is 0 Å². The van der Waals surface area contributed by atoms with Crippen LogP contribution in [0.4, 0.5) is 0 Å². The van der Waals surface area contributed by atoms with E-state index in [9.17, 15) is 8.42 Å². The number of hydrogen-bond donors (Lipinski definition) is 1. The number of nitrogens with zero attached hydrogens (tertiary/aromatic N) is 1. The molecule has 0 spiro atoms. The normalized spacial score (nSPS) is 12.1. The number of nitrogens with one attached hydrogen (secondary N) is 1. The zero-order valence-electron chi connectivity index (χ0n) is 6.66. The number of halogens is 2. The maximum absolute atomic E-state index is 11.1. The van der Waals surface area contributed by atoms with Crippen molar-refractivity contribution in [3.05, 3.63) is 22.0 Å². The van der Waals surface area contributed by atoms with Gasteiger partial charge in [0, 0.05) is 14.3 Å². The smallest absolute Gasteiger partial charge is 0.261 e. The minimum Gasteiger partial charge on any atom is -0.345 e. The predicted molar refractivity (Wildman–Crippen MR) is 61.8 cm³/mol. The molecule has 74 valence electrons. The number of rotatable bonds is 1. The lowest BCUT2D eigenvalue weighted by Crippen LogP contribution is -1.91. The fourth-order valence-electron chi connectivity index (χ4n) is 1.12. The number of benzene rings is 1. The van der Waals surface area contributed by atoms with E-state index in [0.29, 0.717) is 5.52 Å². The van der Waals surface area contributed by atoms with Gasteiger partial charge in [0.1, 0.15) is 5.52 Å². The van der Waals surface area contributed by atoms with E-state index in [1.54, 1.807) is 0 Å². The molecule has 2 aromatic rings. The number of H-pyrrole nitrogens is 1.